The van der Waals surface area contributed by atoms with Crippen molar-refractivity contribution in [3.63, 3.8) is 0 Å². The van der Waals surface area contributed by atoms with Gasteiger partial charge in [0.25, 0.3) is 8.32 Å². The first-order chi connectivity index (χ1) is 17.3. The highest BCUT2D eigenvalue weighted by atomic mass is 28.4. The number of rotatable bonds is 11. The van der Waals surface area contributed by atoms with Crippen molar-refractivity contribution in [3.05, 3.63) is 72.5 Å². The second-order valence-electron chi connectivity index (χ2n) is 11.9. The molecule has 0 aliphatic carbocycles. The molecule has 0 fully saturated rings. The van der Waals surface area contributed by atoms with E-state index in [1.54, 1.807) is 13.8 Å². The largest absolute Gasteiger partial charge is 0.457 e. The van der Waals surface area contributed by atoms with Crippen molar-refractivity contribution >= 4 is 24.7 Å². The first-order valence-electron chi connectivity index (χ1n) is 13.4. The fourth-order valence-corrected chi connectivity index (χ4v) is 9.94. The van der Waals surface area contributed by atoms with Crippen LogP contribution in [-0.4, -0.2) is 37.9 Å². The summed E-state index contributed by atoms with van der Waals surface area (Å²) >= 11 is 0. The van der Waals surface area contributed by atoms with Crippen molar-refractivity contribution in [2.45, 2.75) is 84.7 Å². The third kappa shape index (κ3) is 7.34. The topological polar surface area (TPSA) is 65.0 Å². The Morgan fingerprint density at radius 3 is 1.97 bits per heavy atom. The van der Waals surface area contributed by atoms with Crippen LogP contribution in [0.15, 0.2) is 72.5 Å². The van der Waals surface area contributed by atoms with Crippen molar-refractivity contribution in [3.8, 4) is 0 Å². The van der Waals surface area contributed by atoms with Gasteiger partial charge in [-0.3, -0.25) is 0 Å². The molecular weight excluding hydrogens is 480 g/mol. The van der Waals surface area contributed by atoms with Gasteiger partial charge in [-0.05, 0) is 40.1 Å². The molecule has 0 saturated carbocycles. The number of aliphatic hydroxyl groups excluding tert-OH is 1. The second kappa shape index (κ2) is 12.0. The lowest BCUT2D eigenvalue weighted by molar-refractivity contribution is -0.207. The molecule has 0 bridgehead atoms. The number of esters is 1. The van der Waals surface area contributed by atoms with Gasteiger partial charge < -0.3 is 19.0 Å². The minimum Gasteiger partial charge on any atom is -0.457 e. The van der Waals surface area contributed by atoms with E-state index in [1.165, 1.54) is 16.4 Å². The summed E-state index contributed by atoms with van der Waals surface area (Å²) in [4.78, 5) is 11.8. The normalized spacial score (nSPS) is 18.3. The Morgan fingerprint density at radius 1 is 0.946 bits per heavy atom. The molecule has 3 atom stereocenters. The zero-order valence-corrected chi connectivity index (χ0v) is 24.5. The highest BCUT2D eigenvalue weighted by Crippen LogP contribution is 2.37. The van der Waals surface area contributed by atoms with Crippen molar-refractivity contribution in [1.82, 2.24) is 0 Å². The van der Waals surface area contributed by atoms with Gasteiger partial charge in [0.2, 0.25) is 5.79 Å². The van der Waals surface area contributed by atoms with Gasteiger partial charge in [-0.15, -0.1) is 0 Å². The summed E-state index contributed by atoms with van der Waals surface area (Å²) in [6, 6.07) is 21.4. The first kappa shape index (κ1) is 29.1. The Hall–Kier alpha value is -2.41. The third-order valence-corrected chi connectivity index (χ3v) is 12.2. The molecule has 1 aliphatic heterocycles. The predicted molar refractivity (Wildman–Crippen MR) is 151 cm³/mol. The number of benzene rings is 2. The van der Waals surface area contributed by atoms with Crippen LogP contribution in [-0.2, 0) is 18.7 Å². The summed E-state index contributed by atoms with van der Waals surface area (Å²) in [6.07, 6.45) is 2.79. The van der Waals surface area contributed by atoms with Crippen molar-refractivity contribution < 1.29 is 23.8 Å². The maximum Gasteiger partial charge on any atom is 0.337 e. The van der Waals surface area contributed by atoms with Crippen LogP contribution in [0, 0.1) is 11.8 Å². The van der Waals surface area contributed by atoms with E-state index in [2.05, 4.69) is 95.3 Å². The van der Waals surface area contributed by atoms with Gasteiger partial charge in [0, 0.05) is 26.9 Å². The molecule has 5 nitrogen and oxygen atoms in total. The van der Waals surface area contributed by atoms with Gasteiger partial charge in [-0.25, -0.2) is 4.79 Å². The fraction of sp³-hybridized carbons (Fsp3) is 0.516. The lowest BCUT2D eigenvalue weighted by Gasteiger charge is -2.43. The fourth-order valence-electron chi connectivity index (χ4n) is 5.36. The van der Waals surface area contributed by atoms with Gasteiger partial charge in [0.15, 0.2) is 0 Å². The molecule has 1 N–H and O–H groups in total. The van der Waals surface area contributed by atoms with Crippen LogP contribution in [0.1, 0.15) is 67.7 Å². The molecule has 6 heteroatoms. The van der Waals surface area contributed by atoms with E-state index in [9.17, 15) is 9.90 Å². The summed E-state index contributed by atoms with van der Waals surface area (Å²) in [5.41, 5.74) is 0. The Labute approximate surface area is 224 Å². The number of aliphatic hydroxyl groups is 1. The number of carbonyl (C=O) groups is 1. The van der Waals surface area contributed by atoms with Crippen LogP contribution in [0.5, 0.6) is 0 Å². The smallest absolute Gasteiger partial charge is 0.337 e. The number of cyclic esters (lactones) is 1. The Bertz CT molecular complexity index is 1000. The molecule has 1 aliphatic rings. The molecule has 1 heterocycles. The Kier molecular flexibility index (Phi) is 9.43. The summed E-state index contributed by atoms with van der Waals surface area (Å²) in [7, 11) is -2.54. The molecule has 2 aromatic carbocycles. The molecule has 0 amide bonds. The van der Waals surface area contributed by atoms with Crippen LogP contribution in [0.3, 0.4) is 0 Å². The average molecular weight is 525 g/mol. The molecule has 2 aromatic rings. The Balaban J connectivity index is 1.66. The summed E-state index contributed by atoms with van der Waals surface area (Å²) in [6.45, 7) is 15.2. The molecule has 0 unspecified atom stereocenters. The third-order valence-electron chi connectivity index (χ3n) is 7.19. The highest BCUT2D eigenvalue weighted by molar-refractivity contribution is 6.99. The standard InChI is InChI=1S/C31H44O5Si/c1-23(20-24(2)28(32)21-25-22-29(33)36-31(6,7)35-25)18-19-34-37(30(3,4)5,26-14-10-8-11-15-26)27-16-12-9-13-17-27/h8-17,22-24,28,32H,18-21H2,1-7H3/t23-,24-,28+/m1/s1. The van der Waals surface area contributed by atoms with Gasteiger partial charge >= 0.3 is 5.97 Å². The number of carbonyl (C=O) groups excluding carboxylic acids is 1. The molecule has 0 radical (unpaired) electrons. The van der Waals surface area contributed by atoms with Crippen LogP contribution >= 0.6 is 0 Å². The quantitative estimate of drug-likeness (QED) is 0.308. The Morgan fingerprint density at radius 2 is 1.49 bits per heavy atom. The van der Waals surface area contributed by atoms with Crippen LogP contribution in [0.2, 0.25) is 5.04 Å². The van der Waals surface area contributed by atoms with Gasteiger partial charge in [0.05, 0.1) is 12.2 Å². The van der Waals surface area contributed by atoms with E-state index in [1.807, 2.05) is 0 Å². The van der Waals surface area contributed by atoms with Crippen molar-refractivity contribution in [1.29, 1.82) is 0 Å². The molecule has 0 spiro atoms. The van der Waals surface area contributed by atoms with Gasteiger partial charge in [0.1, 0.15) is 5.76 Å². The molecule has 37 heavy (non-hydrogen) atoms. The molecular formula is C31H44O5Si. The van der Waals surface area contributed by atoms with E-state index in [0.717, 1.165) is 12.8 Å². The van der Waals surface area contributed by atoms with Crippen LogP contribution < -0.4 is 10.4 Å². The van der Waals surface area contributed by atoms with Crippen LogP contribution in [0.25, 0.3) is 0 Å². The summed E-state index contributed by atoms with van der Waals surface area (Å²) < 4.78 is 17.9. The minimum absolute atomic E-state index is 0.0495. The van der Waals surface area contributed by atoms with Gasteiger partial charge in [-0.1, -0.05) is 95.3 Å². The second-order valence-corrected chi connectivity index (χ2v) is 16.2. The van der Waals surface area contributed by atoms with E-state index in [0.29, 0.717) is 24.7 Å². The molecule has 202 valence electrons. The number of hydrogen-bond acceptors (Lipinski definition) is 5. The van der Waals surface area contributed by atoms with Crippen LogP contribution in [0.4, 0.5) is 0 Å². The lowest BCUT2D eigenvalue weighted by atomic mass is 9.89. The monoisotopic (exact) mass is 524 g/mol. The van der Waals surface area contributed by atoms with E-state index in [-0.39, 0.29) is 11.0 Å². The number of ether oxygens (including phenoxy) is 2. The van der Waals surface area contributed by atoms with Crippen molar-refractivity contribution in [2.75, 3.05) is 6.61 Å². The predicted octanol–water partition coefficient (Wildman–Crippen LogP) is 5.56. The molecule has 0 aromatic heterocycles. The number of hydrogen-bond donors (Lipinski definition) is 1. The van der Waals surface area contributed by atoms with E-state index >= 15 is 0 Å². The van der Waals surface area contributed by atoms with E-state index < -0.39 is 26.2 Å². The highest BCUT2D eigenvalue weighted by Gasteiger charge is 2.50. The van der Waals surface area contributed by atoms with E-state index in [4.69, 9.17) is 13.9 Å². The summed E-state index contributed by atoms with van der Waals surface area (Å²) in [5.74, 6) is -0.544. The van der Waals surface area contributed by atoms with Gasteiger partial charge in [-0.2, -0.15) is 0 Å². The molecule has 3 rings (SSSR count). The summed E-state index contributed by atoms with van der Waals surface area (Å²) in [5, 5.41) is 13.4. The zero-order chi connectivity index (χ0) is 27.3. The van der Waals surface area contributed by atoms with Crippen molar-refractivity contribution in [2.24, 2.45) is 11.8 Å². The first-order valence-corrected chi connectivity index (χ1v) is 15.3. The molecule has 0 saturated heterocycles. The zero-order valence-electron chi connectivity index (χ0n) is 23.5. The minimum atomic E-state index is -2.54. The average Bonchev–Trinajstić information content (AvgIpc) is 2.80. The SMILES string of the molecule is C[C@H](CCO[Si](c1ccccc1)(c1ccccc1)C(C)(C)C)C[C@@H](C)[C@@H](O)CC1=CC(=O)OC(C)(C)O1. The maximum atomic E-state index is 11.8. The maximum absolute atomic E-state index is 11.8. The lowest BCUT2D eigenvalue weighted by Crippen LogP contribution is -2.66.